The number of aromatic carboxylic acids is 1. The predicted octanol–water partition coefficient (Wildman–Crippen LogP) is 0.938. The highest BCUT2D eigenvalue weighted by molar-refractivity contribution is 5.89. The summed E-state index contributed by atoms with van der Waals surface area (Å²) in [7, 11) is 1.58. The molecule has 1 aromatic carbocycles. The van der Waals surface area contributed by atoms with Crippen LogP contribution in [0.1, 0.15) is 15.9 Å². The first-order valence-corrected chi connectivity index (χ1v) is 4.84. The van der Waals surface area contributed by atoms with Gasteiger partial charge in [-0.05, 0) is 18.1 Å². The molecule has 86 valence electrons. The van der Waals surface area contributed by atoms with Gasteiger partial charge < -0.3 is 15.7 Å². The van der Waals surface area contributed by atoms with E-state index in [0.717, 1.165) is 0 Å². The van der Waals surface area contributed by atoms with Crippen molar-refractivity contribution in [3.8, 4) is 0 Å². The number of likely N-dealkylation sites (N-methyl/N-ethyl adjacent to an activating group) is 1. The summed E-state index contributed by atoms with van der Waals surface area (Å²) in [6, 6.07) is 6.20. The van der Waals surface area contributed by atoms with E-state index in [9.17, 15) is 9.59 Å². The fourth-order valence-corrected chi connectivity index (χ4v) is 1.35. The molecular weight excluding hydrogens is 208 g/mol. The Morgan fingerprint density at radius 1 is 1.38 bits per heavy atom. The lowest BCUT2D eigenvalue weighted by Crippen LogP contribution is -2.33. The minimum Gasteiger partial charge on any atom is -0.478 e. The van der Waals surface area contributed by atoms with Crippen LogP contribution in [0.4, 0.5) is 4.79 Å². The molecule has 0 atom stereocenters. The highest BCUT2D eigenvalue weighted by atomic mass is 16.4. The van der Waals surface area contributed by atoms with Crippen molar-refractivity contribution in [2.24, 2.45) is 5.73 Å². The summed E-state index contributed by atoms with van der Waals surface area (Å²) in [5.41, 5.74) is 6.03. The molecule has 0 saturated carbocycles. The van der Waals surface area contributed by atoms with Crippen molar-refractivity contribution in [3.63, 3.8) is 0 Å². The Kier molecular flexibility index (Phi) is 3.88. The van der Waals surface area contributed by atoms with E-state index < -0.39 is 12.0 Å². The second kappa shape index (κ2) is 5.16. The summed E-state index contributed by atoms with van der Waals surface area (Å²) in [4.78, 5) is 23.0. The molecule has 5 nitrogen and oxygen atoms in total. The smallest absolute Gasteiger partial charge is 0.335 e. The normalized spacial score (nSPS) is 9.81. The zero-order chi connectivity index (χ0) is 12.1. The van der Waals surface area contributed by atoms with Gasteiger partial charge >= 0.3 is 12.0 Å². The van der Waals surface area contributed by atoms with Gasteiger partial charge in [0.25, 0.3) is 0 Å². The molecule has 0 fully saturated rings. The molecule has 0 aliphatic carbocycles. The summed E-state index contributed by atoms with van der Waals surface area (Å²) in [5.74, 6) is -0.961. The molecule has 1 rings (SSSR count). The molecule has 0 spiro atoms. The summed E-state index contributed by atoms with van der Waals surface area (Å²) in [6.07, 6.45) is 0.474. The van der Waals surface area contributed by atoms with Crippen molar-refractivity contribution in [2.45, 2.75) is 6.42 Å². The Balaban J connectivity index is 2.74. The number of rotatable bonds is 4. The molecule has 0 aliphatic heterocycles. The van der Waals surface area contributed by atoms with Gasteiger partial charge in [0.1, 0.15) is 0 Å². The standard InChI is InChI=1S/C11H14N2O3/c1-13(11(12)16)7-6-8-4-2-3-5-9(8)10(14)15/h2-5H,6-7H2,1H3,(H2,12,16)(H,14,15). The number of benzene rings is 1. The predicted molar refractivity (Wildman–Crippen MR) is 59.3 cm³/mol. The van der Waals surface area contributed by atoms with Gasteiger partial charge in [0.05, 0.1) is 5.56 Å². The minimum atomic E-state index is -0.961. The van der Waals surface area contributed by atoms with Gasteiger partial charge in [0.2, 0.25) is 0 Å². The van der Waals surface area contributed by atoms with Crippen LogP contribution in [0.5, 0.6) is 0 Å². The number of amides is 2. The van der Waals surface area contributed by atoms with Crippen LogP contribution in [0.25, 0.3) is 0 Å². The zero-order valence-corrected chi connectivity index (χ0v) is 9.01. The number of carboxylic acids is 1. The number of nitrogens with zero attached hydrogens (tertiary/aromatic N) is 1. The summed E-state index contributed by atoms with van der Waals surface area (Å²) < 4.78 is 0. The number of nitrogens with two attached hydrogens (primary N) is 1. The van der Waals surface area contributed by atoms with Gasteiger partial charge in [-0.25, -0.2) is 9.59 Å². The van der Waals surface area contributed by atoms with Crippen LogP contribution >= 0.6 is 0 Å². The van der Waals surface area contributed by atoms with E-state index in [2.05, 4.69) is 0 Å². The van der Waals surface area contributed by atoms with Gasteiger partial charge in [-0.3, -0.25) is 0 Å². The SMILES string of the molecule is CN(CCc1ccccc1C(=O)O)C(N)=O. The molecule has 5 heteroatoms. The maximum Gasteiger partial charge on any atom is 0.335 e. The largest absolute Gasteiger partial charge is 0.478 e. The van der Waals surface area contributed by atoms with E-state index in [1.54, 1.807) is 31.3 Å². The Bertz CT molecular complexity index is 404. The summed E-state index contributed by atoms with van der Waals surface area (Å²) in [5, 5.41) is 8.93. The number of hydrogen-bond acceptors (Lipinski definition) is 2. The molecule has 16 heavy (non-hydrogen) atoms. The van der Waals surface area contributed by atoms with Crippen LogP contribution in [0.3, 0.4) is 0 Å². The van der Waals surface area contributed by atoms with Crippen LogP contribution < -0.4 is 5.73 Å². The molecule has 0 saturated heterocycles. The zero-order valence-electron chi connectivity index (χ0n) is 9.01. The molecule has 3 N–H and O–H groups in total. The first-order chi connectivity index (χ1) is 7.52. The monoisotopic (exact) mass is 222 g/mol. The summed E-state index contributed by atoms with van der Waals surface area (Å²) >= 11 is 0. The molecule has 2 amide bonds. The average Bonchev–Trinajstić information content (AvgIpc) is 2.25. The van der Waals surface area contributed by atoms with Crippen LogP contribution in [-0.4, -0.2) is 35.6 Å². The van der Waals surface area contributed by atoms with Crippen LogP contribution in [0.15, 0.2) is 24.3 Å². The average molecular weight is 222 g/mol. The number of hydrogen-bond donors (Lipinski definition) is 2. The minimum absolute atomic E-state index is 0.264. The second-order valence-electron chi connectivity index (χ2n) is 3.47. The summed E-state index contributed by atoms with van der Waals surface area (Å²) in [6.45, 7) is 0.402. The molecule has 0 heterocycles. The fraction of sp³-hybridized carbons (Fsp3) is 0.273. The third-order valence-corrected chi connectivity index (χ3v) is 2.34. The Morgan fingerprint density at radius 3 is 2.56 bits per heavy atom. The van der Waals surface area contributed by atoms with E-state index in [4.69, 9.17) is 10.8 Å². The Labute approximate surface area is 93.5 Å². The van der Waals surface area contributed by atoms with E-state index >= 15 is 0 Å². The maximum absolute atomic E-state index is 10.9. The molecule has 1 aromatic rings. The lowest BCUT2D eigenvalue weighted by atomic mass is 10.0. The quantitative estimate of drug-likeness (QED) is 0.795. The number of carboxylic acid groups (broad SMARTS) is 1. The van der Waals surface area contributed by atoms with Crippen molar-refractivity contribution >= 4 is 12.0 Å². The maximum atomic E-state index is 10.9. The highest BCUT2D eigenvalue weighted by Crippen LogP contribution is 2.09. The van der Waals surface area contributed by atoms with Crippen molar-refractivity contribution in [3.05, 3.63) is 35.4 Å². The van der Waals surface area contributed by atoms with Crippen molar-refractivity contribution in [2.75, 3.05) is 13.6 Å². The van der Waals surface area contributed by atoms with Gasteiger partial charge in [0, 0.05) is 13.6 Å². The van der Waals surface area contributed by atoms with Crippen molar-refractivity contribution in [1.29, 1.82) is 0 Å². The molecule has 0 aliphatic rings. The number of primary amides is 1. The fourth-order valence-electron chi connectivity index (χ4n) is 1.35. The molecule has 0 radical (unpaired) electrons. The van der Waals surface area contributed by atoms with E-state index in [0.29, 0.717) is 18.5 Å². The van der Waals surface area contributed by atoms with Crippen LogP contribution in [-0.2, 0) is 6.42 Å². The van der Waals surface area contributed by atoms with Gasteiger partial charge in [-0.1, -0.05) is 18.2 Å². The third-order valence-electron chi connectivity index (χ3n) is 2.34. The topological polar surface area (TPSA) is 83.6 Å². The van der Waals surface area contributed by atoms with Crippen LogP contribution in [0.2, 0.25) is 0 Å². The van der Waals surface area contributed by atoms with Crippen molar-refractivity contribution in [1.82, 2.24) is 4.90 Å². The lowest BCUT2D eigenvalue weighted by Gasteiger charge is -2.14. The van der Waals surface area contributed by atoms with E-state index in [1.165, 1.54) is 4.90 Å². The first kappa shape index (κ1) is 12.0. The molecular formula is C11H14N2O3. The van der Waals surface area contributed by atoms with E-state index in [-0.39, 0.29) is 5.56 Å². The van der Waals surface area contributed by atoms with Gasteiger partial charge in [-0.2, -0.15) is 0 Å². The first-order valence-electron chi connectivity index (χ1n) is 4.84. The number of urea groups is 1. The van der Waals surface area contributed by atoms with Crippen molar-refractivity contribution < 1.29 is 14.7 Å². The Morgan fingerprint density at radius 2 is 2.00 bits per heavy atom. The van der Waals surface area contributed by atoms with Crippen LogP contribution in [0, 0.1) is 0 Å². The number of carbonyl (C=O) groups is 2. The molecule has 0 aromatic heterocycles. The Hall–Kier alpha value is -2.04. The highest BCUT2D eigenvalue weighted by Gasteiger charge is 2.10. The third kappa shape index (κ3) is 2.98. The molecule has 0 bridgehead atoms. The lowest BCUT2D eigenvalue weighted by molar-refractivity contribution is 0.0695. The molecule has 0 unspecified atom stereocenters. The van der Waals surface area contributed by atoms with Gasteiger partial charge in [0.15, 0.2) is 0 Å². The number of carbonyl (C=O) groups excluding carboxylic acids is 1. The van der Waals surface area contributed by atoms with Gasteiger partial charge in [-0.15, -0.1) is 0 Å². The second-order valence-corrected chi connectivity index (χ2v) is 3.47. The van der Waals surface area contributed by atoms with E-state index in [1.807, 2.05) is 0 Å².